The largest absolute Gasteiger partial charge is 0.347 e. The number of piperazine rings is 1. The molecule has 2 heterocycles. The Labute approximate surface area is 158 Å². The first kappa shape index (κ1) is 18.8. The van der Waals surface area contributed by atoms with Crippen LogP contribution in [0.5, 0.6) is 0 Å². The van der Waals surface area contributed by atoms with Crippen molar-refractivity contribution >= 4 is 33.4 Å². The van der Waals surface area contributed by atoms with Gasteiger partial charge < -0.3 is 10.2 Å². The quantitative estimate of drug-likeness (QED) is 0.890. The average molecular weight is 375 g/mol. The first-order valence-corrected chi connectivity index (χ1v) is 9.77. The van der Waals surface area contributed by atoms with E-state index in [2.05, 4.69) is 21.3 Å². The third-order valence-electron chi connectivity index (χ3n) is 4.50. The zero-order valence-corrected chi connectivity index (χ0v) is 16.4. The van der Waals surface area contributed by atoms with Gasteiger partial charge in [0.05, 0.1) is 23.3 Å². The number of rotatable bonds is 4. The minimum atomic E-state index is -0.476. The molecule has 1 aromatic heterocycles. The lowest BCUT2D eigenvalue weighted by molar-refractivity contribution is -0.136. The minimum absolute atomic E-state index is 0.0118. The van der Waals surface area contributed by atoms with Gasteiger partial charge in [-0.15, -0.1) is 11.3 Å². The molecule has 0 radical (unpaired) electrons. The summed E-state index contributed by atoms with van der Waals surface area (Å²) in [5.41, 5.74) is 0.576. The molecule has 1 saturated heterocycles. The number of nitrogens with zero attached hydrogens (tertiary/aromatic N) is 3. The monoisotopic (exact) mass is 374 g/mol. The molecule has 0 bridgehead atoms. The fraction of sp³-hybridized carbons (Fsp3) is 0.526. The van der Waals surface area contributed by atoms with E-state index >= 15 is 0 Å². The lowest BCUT2D eigenvalue weighted by Gasteiger charge is -2.34. The normalized spacial score (nSPS) is 16.0. The molecular formula is C19H26N4O2S. The summed E-state index contributed by atoms with van der Waals surface area (Å²) in [6.45, 7) is 9.46. The smallest absolute Gasteiger partial charge is 0.242 e. The van der Waals surface area contributed by atoms with Crippen molar-refractivity contribution in [2.45, 2.75) is 27.3 Å². The van der Waals surface area contributed by atoms with Gasteiger partial charge in [-0.1, -0.05) is 32.9 Å². The summed E-state index contributed by atoms with van der Waals surface area (Å²) < 4.78 is 1.21. The van der Waals surface area contributed by atoms with Crippen molar-refractivity contribution in [2.75, 3.05) is 32.7 Å². The van der Waals surface area contributed by atoms with E-state index in [1.165, 1.54) is 4.70 Å². The van der Waals surface area contributed by atoms with Gasteiger partial charge in [-0.2, -0.15) is 0 Å². The number of aromatic nitrogens is 1. The number of carbonyl (C=O) groups excluding carboxylic acids is 2. The first-order valence-electron chi connectivity index (χ1n) is 8.96. The summed E-state index contributed by atoms with van der Waals surface area (Å²) in [7, 11) is 0. The molecule has 1 aliphatic rings. The van der Waals surface area contributed by atoms with Crippen LogP contribution in [-0.4, -0.2) is 59.3 Å². The van der Waals surface area contributed by atoms with E-state index in [4.69, 9.17) is 0 Å². The predicted octanol–water partition coefficient (Wildman–Crippen LogP) is 2.10. The number of nitrogens with one attached hydrogen (secondary N) is 1. The van der Waals surface area contributed by atoms with Crippen LogP contribution in [0.2, 0.25) is 0 Å². The standard InChI is InChI=1S/C19H26N4O2S/c1-19(2,3)18(25)20-12-17(24)23-10-8-22(9-11-23)13-16-21-14-6-4-5-7-15(14)26-16/h4-7H,8-13H2,1-3H3,(H,20,25). The Bertz CT molecular complexity index is 755. The van der Waals surface area contributed by atoms with E-state index < -0.39 is 5.41 Å². The van der Waals surface area contributed by atoms with Crippen LogP contribution in [0, 0.1) is 5.41 Å². The van der Waals surface area contributed by atoms with Crippen molar-refractivity contribution in [3.05, 3.63) is 29.3 Å². The minimum Gasteiger partial charge on any atom is -0.347 e. The number of carbonyl (C=O) groups is 2. The van der Waals surface area contributed by atoms with Gasteiger partial charge in [0.1, 0.15) is 5.01 Å². The highest BCUT2D eigenvalue weighted by atomic mass is 32.1. The Morgan fingerprint density at radius 2 is 1.85 bits per heavy atom. The summed E-state index contributed by atoms with van der Waals surface area (Å²) in [6.07, 6.45) is 0. The third-order valence-corrected chi connectivity index (χ3v) is 5.52. The maximum atomic E-state index is 12.3. The molecule has 140 valence electrons. The molecule has 1 N–H and O–H groups in total. The second-order valence-electron chi connectivity index (χ2n) is 7.66. The number of amides is 2. The lowest BCUT2D eigenvalue weighted by atomic mass is 9.96. The summed E-state index contributed by atoms with van der Waals surface area (Å²) in [5, 5.41) is 3.85. The van der Waals surface area contributed by atoms with Crippen molar-refractivity contribution in [2.24, 2.45) is 5.41 Å². The molecule has 1 fully saturated rings. The van der Waals surface area contributed by atoms with Gasteiger partial charge in [-0.25, -0.2) is 4.98 Å². The molecule has 0 atom stereocenters. The summed E-state index contributed by atoms with van der Waals surface area (Å²) in [6, 6.07) is 8.18. The van der Waals surface area contributed by atoms with Gasteiger partial charge in [0, 0.05) is 31.6 Å². The van der Waals surface area contributed by atoms with Crippen molar-refractivity contribution < 1.29 is 9.59 Å². The topological polar surface area (TPSA) is 65.5 Å². The second-order valence-corrected chi connectivity index (χ2v) is 8.78. The molecule has 0 aliphatic carbocycles. The van der Waals surface area contributed by atoms with Gasteiger partial charge in [0.2, 0.25) is 11.8 Å². The number of thiazole rings is 1. The Morgan fingerprint density at radius 3 is 2.50 bits per heavy atom. The molecule has 6 nitrogen and oxygen atoms in total. The van der Waals surface area contributed by atoms with E-state index in [1.54, 1.807) is 11.3 Å². The van der Waals surface area contributed by atoms with Crippen LogP contribution in [0.4, 0.5) is 0 Å². The zero-order valence-electron chi connectivity index (χ0n) is 15.6. The molecule has 3 rings (SSSR count). The van der Waals surface area contributed by atoms with Crippen LogP contribution in [0.25, 0.3) is 10.2 Å². The number of fused-ring (bicyclic) bond motifs is 1. The van der Waals surface area contributed by atoms with Gasteiger partial charge in [0.25, 0.3) is 0 Å². The Morgan fingerprint density at radius 1 is 1.15 bits per heavy atom. The van der Waals surface area contributed by atoms with Crippen LogP contribution in [0.1, 0.15) is 25.8 Å². The summed E-state index contributed by atoms with van der Waals surface area (Å²) >= 11 is 1.73. The number of benzene rings is 1. The zero-order chi connectivity index (χ0) is 18.7. The number of hydrogen-bond acceptors (Lipinski definition) is 5. The highest BCUT2D eigenvalue weighted by Gasteiger charge is 2.25. The van der Waals surface area contributed by atoms with Crippen molar-refractivity contribution in [3.8, 4) is 0 Å². The highest BCUT2D eigenvalue weighted by molar-refractivity contribution is 7.18. The molecule has 0 saturated carbocycles. The Kier molecular flexibility index (Phi) is 5.58. The van der Waals surface area contributed by atoms with Crippen LogP contribution in [-0.2, 0) is 16.1 Å². The fourth-order valence-electron chi connectivity index (χ4n) is 2.87. The van der Waals surface area contributed by atoms with Gasteiger partial charge in [-0.3, -0.25) is 14.5 Å². The molecule has 2 amide bonds. The van der Waals surface area contributed by atoms with Gasteiger partial charge >= 0.3 is 0 Å². The van der Waals surface area contributed by atoms with Crippen molar-refractivity contribution in [3.63, 3.8) is 0 Å². The van der Waals surface area contributed by atoms with E-state index in [0.717, 1.165) is 30.2 Å². The molecule has 7 heteroatoms. The number of hydrogen-bond donors (Lipinski definition) is 1. The first-order chi connectivity index (χ1) is 12.3. The summed E-state index contributed by atoms with van der Waals surface area (Å²) in [4.78, 5) is 33.0. The van der Waals surface area contributed by atoms with Crippen LogP contribution >= 0.6 is 11.3 Å². The molecular weight excluding hydrogens is 348 g/mol. The fourth-order valence-corrected chi connectivity index (χ4v) is 3.88. The van der Waals surface area contributed by atoms with E-state index in [-0.39, 0.29) is 18.4 Å². The molecule has 0 spiro atoms. The van der Waals surface area contributed by atoms with Gasteiger partial charge in [0.15, 0.2) is 0 Å². The van der Waals surface area contributed by atoms with Gasteiger partial charge in [-0.05, 0) is 12.1 Å². The maximum absolute atomic E-state index is 12.3. The van der Waals surface area contributed by atoms with E-state index in [9.17, 15) is 9.59 Å². The lowest BCUT2D eigenvalue weighted by Crippen LogP contribution is -2.51. The third kappa shape index (κ3) is 4.59. The molecule has 26 heavy (non-hydrogen) atoms. The van der Waals surface area contributed by atoms with Crippen molar-refractivity contribution in [1.82, 2.24) is 20.1 Å². The SMILES string of the molecule is CC(C)(C)C(=O)NCC(=O)N1CCN(Cc2nc3ccccc3s2)CC1. The van der Waals surface area contributed by atoms with Crippen molar-refractivity contribution in [1.29, 1.82) is 0 Å². The van der Waals surface area contributed by atoms with E-state index in [0.29, 0.717) is 13.1 Å². The second kappa shape index (κ2) is 7.72. The maximum Gasteiger partial charge on any atom is 0.242 e. The van der Waals surface area contributed by atoms with E-state index in [1.807, 2.05) is 43.9 Å². The Balaban J connectivity index is 1.46. The van der Waals surface area contributed by atoms with Crippen LogP contribution in [0.3, 0.4) is 0 Å². The molecule has 1 aromatic carbocycles. The predicted molar refractivity (Wildman–Crippen MR) is 104 cm³/mol. The van der Waals surface area contributed by atoms with Crippen LogP contribution in [0.15, 0.2) is 24.3 Å². The number of para-hydroxylation sites is 1. The summed E-state index contributed by atoms with van der Waals surface area (Å²) in [5.74, 6) is -0.109. The molecule has 0 unspecified atom stereocenters. The highest BCUT2D eigenvalue weighted by Crippen LogP contribution is 2.23. The molecule has 1 aliphatic heterocycles. The van der Waals surface area contributed by atoms with Crippen LogP contribution < -0.4 is 5.32 Å². The Hall–Kier alpha value is -1.99. The average Bonchev–Trinajstić information content (AvgIpc) is 3.01. The molecule has 2 aromatic rings.